The van der Waals surface area contributed by atoms with E-state index in [4.69, 9.17) is 4.74 Å². The van der Waals surface area contributed by atoms with Crippen molar-refractivity contribution in [3.63, 3.8) is 0 Å². The summed E-state index contributed by atoms with van der Waals surface area (Å²) in [5.41, 5.74) is 0.190. The van der Waals surface area contributed by atoms with Crippen LogP contribution < -0.4 is 0 Å². The van der Waals surface area contributed by atoms with Gasteiger partial charge < -0.3 is 4.74 Å². The molecular formula is C8H16O. The van der Waals surface area contributed by atoms with Crippen molar-refractivity contribution in [3.05, 3.63) is 0 Å². The molecule has 1 fully saturated rings. The standard InChI is InChI=1S/C8H16O/c1-4-5-7-6-9-8(7,2)3/h7H,4-6H2,1-3H3. The Morgan fingerprint density at radius 1 is 1.56 bits per heavy atom. The van der Waals surface area contributed by atoms with Gasteiger partial charge in [-0.3, -0.25) is 0 Å². The van der Waals surface area contributed by atoms with Crippen molar-refractivity contribution >= 4 is 0 Å². The fourth-order valence-corrected chi connectivity index (χ4v) is 1.31. The van der Waals surface area contributed by atoms with Crippen LogP contribution in [0.3, 0.4) is 0 Å². The van der Waals surface area contributed by atoms with Crippen molar-refractivity contribution in [1.29, 1.82) is 0 Å². The predicted octanol–water partition coefficient (Wildman–Crippen LogP) is 2.21. The van der Waals surface area contributed by atoms with E-state index < -0.39 is 0 Å². The molecule has 1 rings (SSSR count). The highest BCUT2D eigenvalue weighted by molar-refractivity contribution is 4.86. The van der Waals surface area contributed by atoms with Crippen molar-refractivity contribution < 1.29 is 4.74 Å². The molecule has 1 nitrogen and oxygen atoms in total. The highest BCUT2D eigenvalue weighted by Gasteiger charge is 2.38. The Hall–Kier alpha value is -0.0400. The first-order valence-electron chi connectivity index (χ1n) is 3.81. The van der Waals surface area contributed by atoms with E-state index in [2.05, 4.69) is 20.8 Å². The summed E-state index contributed by atoms with van der Waals surface area (Å²) in [4.78, 5) is 0. The van der Waals surface area contributed by atoms with Gasteiger partial charge in [0, 0.05) is 5.92 Å². The third-order valence-electron chi connectivity index (χ3n) is 2.28. The molecule has 9 heavy (non-hydrogen) atoms. The summed E-state index contributed by atoms with van der Waals surface area (Å²) in [6.45, 7) is 7.57. The Kier molecular flexibility index (Phi) is 1.80. The van der Waals surface area contributed by atoms with Gasteiger partial charge in [0.1, 0.15) is 0 Å². The van der Waals surface area contributed by atoms with E-state index in [-0.39, 0.29) is 5.60 Å². The van der Waals surface area contributed by atoms with E-state index in [1.807, 2.05) is 0 Å². The quantitative estimate of drug-likeness (QED) is 0.554. The molecule has 0 aromatic heterocycles. The molecule has 0 amide bonds. The Bertz CT molecular complexity index is 96.7. The maximum absolute atomic E-state index is 5.38. The molecule has 1 heterocycles. The van der Waals surface area contributed by atoms with Crippen LogP contribution in [0.1, 0.15) is 33.6 Å². The number of hydrogen-bond acceptors (Lipinski definition) is 1. The monoisotopic (exact) mass is 128 g/mol. The van der Waals surface area contributed by atoms with E-state index in [1.54, 1.807) is 0 Å². The highest BCUT2D eigenvalue weighted by atomic mass is 16.5. The van der Waals surface area contributed by atoms with Crippen LogP contribution in [0.4, 0.5) is 0 Å². The molecule has 0 N–H and O–H groups in total. The molecule has 1 atom stereocenters. The Labute approximate surface area is 57.4 Å². The number of ether oxygens (including phenoxy) is 1. The van der Waals surface area contributed by atoms with E-state index in [0.29, 0.717) is 0 Å². The molecule has 1 aliphatic rings. The predicted molar refractivity (Wildman–Crippen MR) is 38.4 cm³/mol. The molecule has 0 radical (unpaired) electrons. The second kappa shape index (κ2) is 2.30. The van der Waals surface area contributed by atoms with E-state index in [9.17, 15) is 0 Å². The maximum Gasteiger partial charge on any atom is 0.0676 e. The highest BCUT2D eigenvalue weighted by Crippen LogP contribution is 2.34. The summed E-state index contributed by atoms with van der Waals surface area (Å²) in [5.74, 6) is 0.822. The van der Waals surface area contributed by atoms with Crippen LogP contribution in [0.25, 0.3) is 0 Å². The number of rotatable bonds is 2. The van der Waals surface area contributed by atoms with Gasteiger partial charge in [0.05, 0.1) is 12.2 Å². The zero-order chi connectivity index (χ0) is 6.91. The summed E-state index contributed by atoms with van der Waals surface area (Å²) in [6.07, 6.45) is 2.62. The third-order valence-corrected chi connectivity index (χ3v) is 2.28. The van der Waals surface area contributed by atoms with Crippen molar-refractivity contribution in [3.8, 4) is 0 Å². The van der Waals surface area contributed by atoms with Crippen molar-refractivity contribution in [1.82, 2.24) is 0 Å². The summed E-state index contributed by atoms with van der Waals surface area (Å²) in [6, 6.07) is 0. The molecule has 1 heteroatoms. The molecule has 1 saturated heterocycles. The minimum atomic E-state index is 0.190. The topological polar surface area (TPSA) is 9.23 Å². The van der Waals surface area contributed by atoms with Gasteiger partial charge in [-0.25, -0.2) is 0 Å². The molecule has 0 aromatic rings. The fraction of sp³-hybridized carbons (Fsp3) is 1.00. The molecule has 0 aliphatic carbocycles. The summed E-state index contributed by atoms with van der Waals surface area (Å²) in [5, 5.41) is 0. The molecule has 54 valence electrons. The molecule has 1 aliphatic heterocycles. The number of hydrogen-bond donors (Lipinski definition) is 0. The molecular weight excluding hydrogens is 112 g/mol. The SMILES string of the molecule is CCCC1COC1(C)C. The lowest BCUT2D eigenvalue weighted by atomic mass is 9.83. The molecule has 0 spiro atoms. The summed E-state index contributed by atoms with van der Waals surface area (Å²) in [7, 11) is 0. The first kappa shape index (κ1) is 7.07. The molecule has 1 unspecified atom stereocenters. The third kappa shape index (κ3) is 1.26. The van der Waals surface area contributed by atoms with Crippen LogP contribution in [0.2, 0.25) is 0 Å². The van der Waals surface area contributed by atoms with Crippen LogP contribution >= 0.6 is 0 Å². The zero-order valence-electron chi connectivity index (χ0n) is 6.61. The van der Waals surface area contributed by atoms with E-state index in [1.165, 1.54) is 12.8 Å². The lowest BCUT2D eigenvalue weighted by molar-refractivity contribution is -0.183. The van der Waals surface area contributed by atoms with Crippen molar-refractivity contribution in [2.45, 2.75) is 39.2 Å². The normalized spacial score (nSPS) is 31.7. The molecule has 0 saturated carbocycles. The second-order valence-electron chi connectivity index (χ2n) is 3.40. The lowest BCUT2D eigenvalue weighted by Crippen LogP contribution is -2.48. The van der Waals surface area contributed by atoms with E-state index >= 15 is 0 Å². The van der Waals surface area contributed by atoms with Gasteiger partial charge in [-0.2, -0.15) is 0 Å². The fourth-order valence-electron chi connectivity index (χ4n) is 1.31. The van der Waals surface area contributed by atoms with Crippen molar-refractivity contribution in [2.24, 2.45) is 5.92 Å². The average molecular weight is 128 g/mol. The van der Waals surface area contributed by atoms with Crippen LogP contribution in [-0.4, -0.2) is 12.2 Å². The summed E-state index contributed by atoms with van der Waals surface area (Å²) >= 11 is 0. The van der Waals surface area contributed by atoms with Crippen LogP contribution in [-0.2, 0) is 4.74 Å². The minimum Gasteiger partial charge on any atom is -0.375 e. The van der Waals surface area contributed by atoms with Gasteiger partial charge in [-0.05, 0) is 20.3 Å². The van der Waals surface area contributed by atoms with Crippen LogP contribution in [0.15, 0.2) is 0 Å². The Morgan fingerprint density at radius 3 is 2.33 bits per heavy atom. The van der Waals surface area contributed by atoms with Gasteiger partial charge in [0.25, 0.3) is 0 Å². The minimum absolute atomic E-state index is 0.190. The van der Waals surface area contributed by atoms with Crippen LogP contribution in [0, 0.1) is 5.92 Å². The van der Waals surface area contributed by atoms with Crippen LogP contribution in [0.5, 0.6) is 0 Å². The Balaban J connectivity index is 2.28. The summed E-state index contributed by atoms with van der Waals surface area (Å²) < 4.78 is 5.38. The van der Waals surface area contributed by atoms with Gasteiger partial charge in [0.2, 0.25) is 0 Å². The van der Waals surface area contributed by atoms with Gasteiger partial charge in [-0.15, -0.1) is 0 Å². The molecule has 0 aromatic carbocycles. The lowest BCUT2D eigenvalue weighted by Gasteiger charge is -2.44. The first-order valence-corrected chi connectivity index (χ1v) is 3.81. The maximum atomic E-state index is 5.38. The average Bonchev–Trinajstić information content (AvgIpc) is 1.81. The first-order chi connectivity index (χ1) is 4.17. The van der Waals surface area contributed by atoms with Gasteiger partial charge in [-0.1, -0.05) is 13.3 Å². The second-order valence-corrected chi connectivity index (χ2v) is 3.40. The smallest absolute Gasteiger partial charge is 0.0676 e. The largest absolute Gasteiger partial charge is 0.375 e. The van der Waals surface area contributed by atoms with E-state index in [0.717, 1.165) is 12.5 Å². The van der Waals surface area contributed by atoms with Crippen molar-refractivity contribution in [2.75, 3.05) is 6.61 Å². The molecule has 0 bridgehead atoms. The van der Waals surface area contributed by atoms with Gasteiger partial charge >= 0.3 is 0 Å². The Morgan fingerprint density at radius 2 is 2.22 bits per heavy atom. The zero-order valence-corrected chi connectivity index (χ0v) is 6.61. The van der Waals surface area contributed by atoms with Gasteiger partial charge in [0.15, 0.2) is 0 Å².